The first kappa shape index (κ1) is 16.8. The van der Waals surface area contributed by atoms with Crippen LogP contribution >= 0.6 is 11.6 Å². The van der Waals surface area contributed by atoms with E-state index in [-0.39, 0.29) is 18.9 Å². The highest BCUT2D eigenvalue weighted by atomic mass is 35.5. The largest absolute Gasteiger partial charge is 0.392 e. The number of piperazine rings is 1. The number of anilines is 1. The summed E-state index contributed by atoms with van der Waals surface area (Å²) >= 11 is 6.02. The number of hydrogen-bond donors (Lipinski definition) is 1. The minimum atomic E-state index is -0.0818. The summed E-state index contributed by atoms with van der Waals surface area (Å²) in [6, 6.07) is 15.5. The fourth-order valence-electron chi connectivity index (χ4n) is 3.04. The Labute approximate surface area is 147 Å². The van der Waals surface area contributed by atoms with Crippen molar-refractivity contribution < 1.29 is 9.90 Å². The van der Waals surface area contributed by atoms with E-state index in [0.29, 0.717) is 18.1 Å². The van der Waals surface area contributed by atoms with E-state index in [1.54, 1.807) is 18.2 Å². The van der Waals surface area contributed by atoms with Crippen LogP contribution in [0, 0.1) is 0 Å². The zero-order chi connectivity index (χ0) is 16.9. The zero-order valence-electron chi connectivity index (χ0n) is 13.5. The molecule has 0 saturated carbocycles. The van der Waals surface area contributed by atoms with Gasteiger partial charge in [0.25, 0.3) is 0 Å². The molecule has 3 rings (SSSR count). The van der Waals surface area contributed by atoms with Gasteiger partial charge in [0.1, 0.15) is 0 Å². The summed E-state index contributed by atoms with van der Waals surface area (Å²) in [6.45, 7) is 3.00. The van der Waals surface area contributed by atoms with Crippen molar-refractivity contribution >= 4 is 23.2 Å². The van der Waals surface area contributed by atoms with Gasteiger partial charge in [-0.25, -0.2) is 0 Å². The molecule has 1 N–H and O–H groups in total. The molecule has 0 spiro atoms. The molecule has 5 heteroatoms. The summed E-state index contributed by atoms with van der Waals surface area (Å²) < 4.78 is 0. The van der Waals surface area contributed by atoms with Crippen LogP contribution in [0.1, 0.15) is 11.1 Å². The van der Waals surface area contributed by atoms with Crippen LogP contribution in [0.3, 0.4) is 0 Å². The van der Waals surface area contributed by atoms with Crippen molar-refractivity contribution in [3.8, 4) is 0 Å². The van der Waals surface area contributed by atoms with Crippen LogP contribution in [0.4, 0.5) is 5.69 Å². The van der Waals surface area contributed by atoms with E-state index in [2.05, 4.69) is 17.0 Å². The smallest absolute Gasteiger partial charge is 0.227 e. The molecule has 1 aliphatic rings. The maximum atomic E-state index is 12.6. The monoisotopic (exact) mass is 344 g/mol. The molecule has 0 aliphatic carbocycles. The molecule has 0 atom stereocenters. The van der Waals surface area contributed by atoms with Crippen molar-refractivity contribution in [2.24, 2.45) is 0 Å². The topological polar surface area (TPSA) is 43.8 Å². The van der Waals surface area contributed by atoms with Gasteiger partial charge < -0.3 is 14.9 Å². The molecule has 1 aliphatic heterocycles. The van der Waals surface area contributed by atoms with Crippen LogP contribution in [0.15, 0.2) is 48.5 Å². The number of rotatable bonds is 4. The summed E-state index contributed by atoms with van der Waals surface area (Å²) in [5, 5.41) is 10.0. The number of halogens is 1. The van der Waals surface area contributed by atoms with Gasteiger partial charge in [-0.2, -0.15) is 0 Å². The normalized spacial score (nSPS) is 14.8. The van der Waals surface area contributed by atoms with Crippen molar-refractivity contribution in [3.05, 3.63) is 64.7 Å². The predicted molar refractivity (Wildman–Crippen MR) is 96.3 cm³/mol. The summed E-state index contributed by atoms with van der Waals surface area (Å²) in [7, 11) is 0. The van der Waals surface area contributed by atoms with Crippen LogP contribution in [-0.4, -0.2) is 42.1 Å². The lowest BCUT2D eigenvalue weighted by Crippen LogP contribution is -2.49. The molecule has 0 radical (unpaired) electrons. The minimum Gasteiger partial charge on any atom is -0.392 e. The Balaban J connectivity index is 1.61. The van der Waals surface area contributed by atoms with Crippen LogP contribution in [-0.2, 0) is 17.8 Å². The van der Waals surface area contributed by atoms with Crippen LogP contribution < -0.4 is 4.90 Å². The van der Waals surface area contributed by atoms with Gasteiger partial charge in [0, 0.05) is 36.9 Å². The maximum Gasteiger partial charge on any atom is 0.227 e. The SMILES string of the molecule is O=C(Cc1cc(Cl)ccc1CO)N1CCN(c2ccccc2)CC1. The molecule has 1 fully saturated rings. The number of carbonyl (C=O) groups excluding carboxylic acids is 1. The number of amides is 1. The quantitative estimate of drug-likeness (QED) is 0.927. The number of nitrogens with zero attached hydrogens (tertiary/aromatic N) is 2. The number of aliphatic hydroxyl groups is 1. The van der Waals surface area contributed by atoms with E-state index in [1.807, 2.05) is 23.1 Å². The zero-order valence-corrected chi connectivity index (χ0v) is 14.2. The van der Waals surface area contributed by atoms with Crippen molar-refractivity contribution in [3.63, 3.8) is 0 Å². The van der Waals surface area contributed by atoms with E-state index in [4.69, 9.17) is 11.6 Å². The highest BCUT2D eigenvalue weighted by molar-refractivity contribution is 6.30. The highest BCUT2D eigenvalue weighted by Crippen LogP contribution is 2.19. The van der Waals surface area contributed by atoms with Crippen LogP contribution in [0.2, 0.25) is 5.02 Å². The number of aliphatic hydroxyl groups excluding tert-OH is 1. The standard InChI is InChI=1S/C19H21ClN2O2/c20-17-7-6-15(14-23)16(12-17)13-19(24)22-10-8-21(9-11-22)18-4-2-1-3-5-18/h1-7,12,23H,8-11,13-14H2. The Kier molecular flexibility index (Phi) is 5.38. The Bertz CT molecular complexity index is 698. The fourth-order valence-corrected chi connectivity index (χ4v) is 3.24. The maximum absolute atomic E-state index is 12.6. The Morgan fingerprint density at radius 1 is 1.00 bits per heavy atom. The van der Waals surface area contributed by atoms with Gasteiger partial charge in [0.2, 0.25) is 5.91 Å². The lowest BCUT2D eigenvalue weighted by atomic mass is 10.0. The van der Waals surface area contributed by atoms with Gasteiger partial charge >= 0.3 is 0 Å². The molecule has 0 unspecified atom stereocenters. The second-order valence-electron chi connectivity index (χ2n) is 5.95. The first-order chi connectivity index (χ1) is 11.7. The van der Waals surface area contributed by atoms with Crippen LogP contribution in [0.5, 0.6) is 0 Å². The molecule has 4 nitrogen and oxygen atoms in total. The fraction of sp³-hybridized carbons (Fsp3) is 0.316. The lowest BCUT2D eigenvalue weighted by molar-refractivity contribution is -0.130. The minimum absolute atomic E-state index is 0.0818. The summed E-state index contributed by atoms with van der Waals surface area (Å²) in [5.74, 6) is 0.0830. The van der Waals surface area contributed by atoms with Gasteiger partial charge in [-0.3, -0.25) is 4.79 Å². The van der Waals surface area contributed by atoms with Crippen LogP contribution in [0.25, 0.3) is 0 Å². The third-order valence-corrected chi connectivity index (χ3v) is 4.67. The lowest BCUT2D eigenvalue weighted by Gasteiger charge is -2.36. The molecule has 24 heavy (non-hydrogen) atoms. The average Bonchev–Trinajstić information content (AvgIpc) is 2.63. The first-order valence-electron chi connectivity index (χ1n) is 8.13. The summed E-state index contributed by atoms with van der Waals surface area (Å²) in [5.41, 5.74) is 2.76. The van der Waals surface area contributed by atoms with Gasteiger partial charge in [-0.1, -0.05) is 35.9 Å². The molecule has 2 aromatic carbocycles. The molecule has 0 aromatic heterocycles. The van der Waals surface area contributed by atoms with E-state index in [1.165, 1.54) is 5.69 Å². The van der Waals surface area contributed by atoms with Crippen molar-refractivity contribution in [1.29, 1.82) is 0 Å². The summed E-state index contributed by atoms with van der Waals surface area (Å²) in [6.07, 6.45) is 0.280. The second kappa shape index (κ2) is 7.69. The van der Waals surface area contributed by atoms with Crippen molar-refractivity contribution in [2.45, 2.75) is 13.0 Å². The average molecular weight is 345 g/mol. The number of para-hydroxylation sites is 1. The van der Waals surface area contributed by atoms with Crippen molar-refractivity contribution in [2.75, 3.05) is 31.1 Å². The molecular weight excluding hydrogens is 324 g/mol. The van der Waals surface area contributed by atoms with Gasteiger partial charge in [-0.15, -0.1) is 0 Å². The third-order valence-electron chi connectivity index (χ3n) is 4.43. The van der Waals surface area contributed by atoms with E-state index in [9.17, 15) is 9.90 Å². The predicted octanol–water partition coefficient (Wildman–Crippen LogP) is 2.72. The van der Waals surface area contributed by atoms with Gasteiger partial charge in [-0.05, 0) is 35.4 Å². The van der Waals surface area contributed by atoms with E-state index in [0.717, 1.165) is 24.2 Å². The Hall–Kier alpha value is -2.04. The number of hydrogen-bond acceptors (Lipinski definition) is 3. The third kappa shape index (κ3) is 3.89. The van der Waals surface area contributed by atoms with E-state index < -0.39 is 0 Å². The molecule has 1 amide bonds. The first-order valence-corrected chi connectivity index (χ1v) is 8.51. The molecule has 1 saturated heterocycles. The molecule has 1 heterocycles. The highest BCUT2D eigenvalue weighted by Gasteiger charge is 2.22. The number of carbonyl (C=O) groups is 1. The van der Waals surface area contributed by atoms with Gasteiger partial charge in [0.05, 0.1) is 13.0 Å². The van der Waals surface area contributed by atoms with E-state index >= 15 is 0 Å². The van der Waals surface area contributed by atoms with Crippen molar-refractivity contribution in [1.82, 2.24) is 4.90 Å². The Morgan fingerprint density at radius 3 is 2.38 bits per heavy atom. The molecule has 126 valence electrons. The van der Waals surface area contributed by atoms with Gasteiger partial charge in [0.15, 0.2) is 0 Å². The molecular formula is C19H21ClN2O2. The second-order valence-corrected chi connectivity index (χ2v) is 6.39. The molecule has 0 bridgehead atoms. The summed E-state index contributed by atoms with van der Waals surface area (Å²) in [4.78, 5) is 16.8. The molecule has 2 aromatic rings. The Morgan fingerprint density at radius 2 is 1.71 bits per heavy atom. The number of benzene rings is 2.